The van der Waals surface area contributed by atoms with Gasteiger partial charge in [-0.05, 0) is 48.2 Å². The van der Waals surface area contributed by atoms with Crippen molar-refractivity contribution in [2.75, 3.05) is 16.2 Å². The molecule has 0 aromatic heterocycles. The van der Waals surface area contributed by atoms with Gasteiger partial charge in [0.15, 0.2) is 0 Å². The quantitative estimate of drug-likeness (QED) is 0.910. The molecule has 1 amide bonds. The van der Waals surface area contributed by atoms with Gasteiger partial charge in [-0.3, -0.25) is 9.52 Å². The molecule has 0 fully saturated rings. The van der Waals surface area contributed by atoms with E-state index in [1.807, 2.05) is 0 Å². The van der Waals surface area contributed by atoms with E-state index in [4.69, 9.17) is 0 Å². The minimum absolute atomic E-state index is 0.0264. The Hall–Kier alpha value is -2.48. The summed E-state index contributed by atoms with van der Waals surface area (Å²) in [7, 11) is -4.06. The third-order valence-electron chi connectivity index (χ3n) is 4.47. The Balaban J connectivity index is 1.75. The second-order valence-electron chi connectivity index (χ2n) is 6.15. The summed E-state index contributed by atoms with van der Waals surface area (Å²) in [6.45, 7) is 0.643. The first kappa shape index (κ1) is 16.0. The predicted molar refractivity (Wildman–Crippen MR) is 88.0 cm³/mol. The van der Waals surface area contributed by atoms with Gasteiger partial charge >= 0.3 is 0 Å². The number of sulfonamides is 1. The molecule has 8 heteroatoms. The summed E-state index contributed by atoms with van der Waals surface area (Å²) in [5.41, 5.74) is 1.95. The van der Waals surface area contributed by atoms with Crippen LogP contribution in [0.15, 0.2) is 35.2 Å². The zero-order chi connectivity index (χ0) is 17.8. The maximum atomic E-state index is 13.8. The smallest absolute Gasteiger partial charge is 0.262 e. The number of nitrogens with zero attached hydrogens (tertiary/aromatic N) is 1. The van der Waals surface area contributed by atoms with E-state index >= 15 is 0 Å². The molecular weight excluding hydrogens is 350 g/mol. The number of benzene rings is 2. The lowest BCUT2D eigenvalue weighted by atomic mass is 10.0. The van der Waals surface area contributed by atoms with E-state index in [-0.39, 0.29) is 22.9 Å². The van der Waals surface area contributed by atoms with Crippen molar-refractivity contribution in [3.05, 3.63) is 53.1 Å². The molecule has 2 aliphatic heterocycles. The highest BCUT2D eigenvalue weighted by Gasteiger charge is 2.33. The van der Waals surface area contributed by atoms with E-state index in [0.717, 1.165) is 29.8 Å². The normalized spacial score (nSPS) is 16.1. The van der Waals surface area contributed by atoms with E-state index < -0.39 is 21.7 Å². The van der Waals surface area contributed by atoms with Gasteiger partial charge in [-0.15, -0.1) is 0 Å². The van der Waals surface area contributed by atoms with Gasteiger partial charge < -0.3 is 4.90 Å². The number of hydrogen-bond acceptors (Lipinski definition) is 3. The average Bonchev–Trinajstić information content (AvgIpc) is 2.88. The van der Waals surface area contributed by atoms with Gasteiger partial charge in [0.1, 0.15) is 11.6 Å². The topological polar surface area (TPSA) is 66.5 Å². The van der Waals surface area contributed by atoms with E-state index in [1.165, 1.54) is 12.1 Å². The van der Waals surface area contributed by atoms with Crippen LogP contribution in [0, 0.1) is 11.6 Å². The molecule has 4 rings (SSSR count). The van der Waals surface area contributed by atoms with Gasteiger partial charge in [0.05, 0.1) is 22.7 Å². The Morgan fingerprint density at radius 3 is 2.60 bits per heavy atom. The fraction of sp³-hybridized carbons (Fsp3) is 0.235. The molecule has 0 saturated carbocycles. The number of nitrogens with one attached hydrogen (secondary N) is 1. The maximum absolute atomic E-state index is 13.8. The van der Waals surface area contributed by atoms with Crippen molar-refractivity contribution in [3.8, 4) is 0 Å². The summed E-state index contributed by atoms with van der Waals surface area (Å²) < 4.78 is 54.1. The van der Waals surface area contributed by atoms with Crippen molar-refractivity contribution in [2.24, 2.45) is 0 Å². The largest absolute Gasteiger partial charge is 0.312 e. The van der Waals surface area contributed by atoms with Crippen LogP contribution in [0.3, 0.4) is 0 Å². The second-order valence-corrected chi connectivity index (χ2v) is 7.83. The van der Waals surface area contributed by atoms with Crippen molar-refractivity contribution >= 4 is 27.3 Å². The number of rotatable bonds is 3. The van der Waals surface area contributed by atoms with E-state index in [9.17, 15) is 22.0 Å². The van der Waals surface area contributed by atoms with Crippen LogP contribution in [0.4, 0.5) is 20.2 Å². The molecule has 25 heavy (non-hydrogen) atoms. The lowest BCUT2D eigenvalue weighted by molar-refractivity contribution is -0.117. The number of carbonyl (C=O) groups excluding carboxylic acids is 1. The first-order valence-electron chi connectivity index (χ1n) is 7.79. The van der Waals surface area contributed by atoms with Crippen molar-refractivity contribution in [1.82, 2.24) is 0 Å². The Kier molecular flexibility index (Phi) is 3.54. The first-order valence-corrected chi connectivity index (χ1v) is 9.27. The Morgan fingerprint density at radius 1 is 1.08 bits per heavy atom. The molecule has 2 heterocycles. The van der Waals surface area contributed by atoms with Gasteiger partial charge in [-0.1, -0.05) is 0 Å². The summed E-state index contributed by atoms with van der Waals surface area (Å²) in [6.07, 6.45) is 1.61. The van der Waals surface area contributed by atoms with E-state index in [1.54, 1.807) is 4.90 Å². The summed E-state index contributed by atoms with van der Waals surface area (Å²) in [5, 5.41) is 0. The molecule has 0 atom stereocenters. The molecule has 0 unspecified atom stereocenters. The molecular formula is C17H14F2N2O3S. The minimum atomic E-state index is -4.06. The highest BCUT2D eigenvalue weighted by Crippen LogP contribution is 2.38. The highest BCUT2D eigenvalue weighted by atomic mass is 32.2. The summed E-state index contributed by atoms with van der Waals surface area (Å²) >= 11 is 0. The number of carbonyl (C=O) groups is 1. The van der Waals surface area contributed by atoms with Gasteiger partial charge in [-0.25, -0.2) is 17.2 Å². The van der Waals surface area contributed by atoms with Crippen LogP contribution in [0.25, 0.3) is 0 Å². The molecule has 5 nitrogen and oxygen atoms in total. The zero-order valence-electron chi connectivity index (χ0n) is 13.1. The molecule has 2 aliphatic rings. The zero-order valence-corrected chi connectivity index (χ0v) is 13.9. The monoisotopic (exact) mass is 364 g/mol. The lowest BCUT2D eigenvalue weighted by Gasteiger charge is -2.26. The van der Waals surface area contributed by atoms with Crippen molar-refractivity contribution in [2.45, 2.75) is 24.2 Å². The molecule has 0 saturated heterocycles. The van der Waals surface area contributed by atoms with E-state index in [0.29, 0.717) is 24.6 Å². The second kappa shape index (κ2) is 5.52. The molecule has 2 aromatic rings. The van der Waals surface area contributed by atoms with Crippen molar-refractivity contribution < 1.29 is 22.0 Å². The Labute approximate surface area is 143 Å². The predicted octanol–water partition coefficient (Wildman–Crippen LogP) is 2.60. The fourth-order valence-electron chi connectivity index (χ4n) is 3.38. The van der Waals surface area contributed by atoms with Crippen LogP contribution >= 0.6 is 0 Å². The molecule has 0 radical (unpaired) electrons. The minimum Gasteiger partial charge on any atom is -0.312 e. The van der Waals surface area contributed by atoms with Crippen molar-refractivity contribution in [3.63, 3.8) is 0 Å². The van der Waals surface area contributed by atoms with Crippen LogP contribution in [-0.2, 0) is 27.7 Å². The van der Waals surface area contributed by atoms with Crippen LogP contribution in [0.1, 0.15) is 17.5 Å². The number of halogens is 2. The van der Waals surface area contributed by atoms with Gasteiger partial charge in [-0.2, -0.15) is 0 Å². The van der Waals surface area contributed by atoms with Crippen LogP contribution < -0.4 is 9.62 Å². The number of aryl methyl sites for hydroxylation is 1. The van der Waals surface area contributed by atoms with Crippen LogP contribution in [0.2, 0.25) is 0 Å². The summed E-state index contributed by atoms with van der Waals surface area (Å²) in [6, 6.07) is 5.59. The molecule has 130 valence electrons. The number of hydrogen-bond donors (Lipinski definition) is 1. The fourth-order valence-corrected chi connectivity index (χ4v) is 4.55. The maximum Gasteiger partial charge on any atom is 0.262 e. The Morgan fingerprint density at radius 2 is 1.84 bits per heavy atom. The van der Waals surface area contributed by atoms with Gasteiger partial charge in [0.2, 0.25) is 5.91 Å². The average molecular weight is 364 g/mol. The SMILES string of the molecule is O=C1Cc2cc(S(=O)(=O)Nc3ccc(F)cc3F)cc3c2N1CCC3. The highest BCUT2D eigenvalue weighted by molar-refractivity contribution is 7.92. The molecule has 0 aliphatic carbocycles. The summed E-state index contributed by atoms with van der Waals surface area (Å²) in [4.78, 5) is 13.7. The van der Waals surface area contributed by atoms with Gasteiger partial charge in [0, 0.05) is 12.6 Å². The van der Waals surface area contributed by atoms with Crippen LogP contribution in [-0.4, -0.2) is 20.9 Å². The van der Waals surface area contributed by atoms with Gasteiger partial charge in [0.25, 0.3) is 10.0 Å². The third kappa shape index (κ3) is 2.66. The molecule has 0 bridgehead atoms. The number of amides is 1. The standard InChI is InChI=1S/C17H14F2N2O3S/c18-12-3-4-15(14(19)9-12)20-25(23,24)13-6-10-2-1-5-21-16(22)8-11(7-13)17(10)21/h3-4,6-7,9,20H,1-2,5,8H2. The third-order valence-corrected chi connectivity index (χ3v) is 5.81. The lowest BCUT2D eigenvalue weighted by Crippen LogP contribution is -2.31. The number of anilines is 2. The van der Waals surface area contributed by atoms with Crippen molar-refractivity contribution in [1.29, 1.82) is 0 Å². The summed E-state index contributed by atoms with van der Waals surface area (Å²) in [5.74, 6) is -1.82. The first-order chi connectivity index (χ1) is 11.8. The van der Waals surface area contributed by atoms with E-state index in [2.05, 4.69) is 4.72 Å². The molecule has 2 aromatic carbocycles. The molecule has 0 spiro atoms. The molecule has 1 N–H and O–H groups in total. The Bertz CT molecular complexity index is 1010. The van der Waals surface area contributed by atoms with Crippen LogP contribution in [0.5, 0.6) is 0 Å².